The smallest absolute Gasteiger partial charge is 0.306 e. The van der Waals surface area contributed by atoms with Crippen molar-refractivity contribution in [1.82, 2.24) is 0 Å². The van der Waals surface area contributed by atoms with Crippen LogP contribution in [0, 0.1) is 40.4 Å². The van der Waals surface area contributed by atoms with Crippen LogP contribution in [0.4, 0.5) is 0 Å². The third kappa shape index (κ3) is 2.10. The number of carbonyl (C=O) groups excluding carboxylic acids is 2. The standard InChI is InChI=1S/C22H28O4/c1-12(20(25)26)15-7-8-16-14-6-4-13-5-9-18(23)19(24)22(13,3)17(14)10-11-21(15,16)2/h4-6,12,14-17H,7-11H2,1-3H3,(H,25,26)/t12?,14-,15+,16-,17-,21+,22-/m0/s1. The molecule has 4 heteroatoms. The van der Waals surface area contributed by atoms with Crippen molar-refractivity contribution in [3.8, 4) is 0 Å². The van der Waals surface area contributed by atoms with Crippen LogP contribution in [0.5, 0.6) is 0 Å². The van der Waals surface area contributed by atoms with Gasteiger partial charge in [0.05, 0.1) is 11.3 Å². The number of ketones is 2. The molecule has 7 atom stereocenters. The van der Waals surface area contributed by atoms with Crippen LogP contribution >= 0.6 is 0 Å². The molecule has 0 amide bonds. The van der Waals surface area contributed by atoms with Gasteiger partial charge in [0, 0.05) is 6.42 Å². The summed E-state index contributed by atoms with van der Waals surface area (Å²) in [5, 5.41) is 9.54. The van der Waals surface area contributed by atoms with Crippen molar-refractivity contribution in [3.05, 3.63) is 23.8 Å². The van der Waals surface area contributed by atoms with Crippen LogP contribution in [0.15, 0.2) is 23.8 Å². The predicted octanol–water partition coefficient (Wildman–Crippen LogP) is 3.81. The molecule has 0 spiro atoms. The highest BCUT2D eigenvalue weighted by Gasteiger charge is 2.61. The quantitative estimate of drug-likeness (QED) is 0.764. The largest absolute Gasteiger partial charge is 0.481 e. The van der Waals surface area contributed by atoms with Gasteiger partial charge in [-0.3, -0.25) is 14.4 Å². The third-order valence-electron chi connectivity index (χ3n) is 8.47. The molecular formula is C22H28O4. The molecule has 4 rings (SSSR count). The molecule has 2 fully saturated rings. The van der Waals surface area contributed by atoms with Crippen LogP contribution in [0.3, 0.4) is 0 Å². The van der Waals surface area contributed by atoms with Crippen molar-refractivity contribution >= 4 is 17.5 Å². The number of carbonyl (C=O) groups is 3. The maximum atomic E-state index is 12.9. The molecule has 0 radical (unpaired) electrons. The van der Waals surface area contributed by atoms with E-state index in [2.05, 4.69) is 19.1 Å². The normalized spacial score (nSPS) is 45.4. The Morgan fingerprint density at radius 1 is 1.19 bits per heavy atom. The Morgan fingerprint density at radius 2 is 1.92 bits per heavy atom. The summed E-state index contributed by atoms with van der Waals surface area (Å²) >= 11 is 0. The lowest BCUT2D eigenvalue weighted by Gasteiger charge is -2.55. The summed E-state index contributed by atoms with van der Waals surface area (Å²) in [5.74, 6) is -0.514. The molecule has 0 bridgehead atoms. The molecule has 0 heterocycles. The Labute approximate surface area is 154 Å². The van der Waals surface area contributed by atoms with E-state index in [0.29, 0.717) is 5.92 Å². The molecule has 4 aliphatic rings. The van der Waals surface area contributed by atoms with E-state index in [9.17, 15) is 19.5 Å². The van der Waals surface area contributed by atoms with Crippen molar-refractivity contribution in [2.75, 3.05) is 0 Å². The number of aliphatic carboxylic acids is 1. The van der Waals surface area contributed by atoms with Crippen molar-refractivity contribution in [1.29, 1.82) is 0 Å². The number of hydrogen-bond donors (Lipinski definition) is 1. The van der Waals surface area contributed by atoms with Gasteiger partial charge in [-0.2, -0.15) is 0 Å². The molecule has 1 unspecified atom stereocenters. The number of carboxylic acids is 1. The van der Waals surface area contributed by atoms with Gasteiger partial charge < -0.3 is 5.11 Å². The van der Waals surface area contributed by atoms with Gasteiger partial charge in [0.2, 0.25) is 11.6 Å². The van der Waals surface area contributed by atoms with E-state index in [1.165, 1.54) is 0 Å². The van der Waals surface area contributed by atoms with Crippen molar-refractivity contribution in [2.45, 2.75) is 52.9 Å². The van der Waals surface area contributed by atoms with Gasteiger partial charge in [0.25, 0.3) is 0 Å². The highest BCUT2D eigenvalue weighted by atomic mass is 16.4. The van der Waals surface area contributed by atoms with E-state index in [1.807, 2.05) is 19.9 Å². The molecule has 26 heavy (non-hydrogen) atoms. The van der Waals surface area contributed by atoms with Crippen molar-refractivity contribution < 1.29 is 19.5 Å². The number of allylic oxidation sites excluding steroid dienone is 4. The Morgan fingerprint density at radius 3 is 2.62 bits per heavy atom. The first-order valence-electron chi connectivity index (χ1n) is 9.90. The van der Waals surface area contributed by atoms with E-state index in [1.54, 1.807) is 0 Å². The Hall–Kier alpha value is -1.71. The fraction of sp³-hybridized carbons (Fsp3) is 0.682. The molecule has 0 aromatic rings. The average Bonchev–Trinajstić information content (AvgIpc) is 2.95. The maximum absolute atomic E-state index is 12.9. The molecule has 0 aromatic carbocycles. The van der Waals surface area contributed by atoms with Gasteiger partial charge in [0.15, 0.2) is 0 Å². The molecule has 4 aliphatic carbocycles. The second kappa shape index (κ2) is 5.64. The number of hydrogen-bond acceptors (Lipinski definition) is 3. The first-order chi connectivity index (χ1) is 12.2. The topological polar surface area (TPSA) is 71.4 Å². The van der Waals surface area contributed by atoms with E-state index in [-0.39, 0.29) is 47.1 Å². The van der Waals surface area contributed by atoms with Crippen molar-refractivity contribution in [2.24, 2.45) is 40.4 Å². The number of Topliss-reactive ketones (excluding diaryl/α,β-unsaturated/α-hetero) is 2. The summed E-state index contributed by atoms with van der Waals surface area (Å²) < 4.78 is 0. The summed E-state index contributed by atoms with van der Waals surface area (Å²) in [6.07, 6.45) is 10.3. The Balaban J connectivity index is 1.72. The second-order valence-corrected chi connectivity index (χ2v) is 9.32. The van der Waals surface area contributed by atoms with Crippen LogP contribution in [-0.2, 0) is 14.4 Å². The summed E-state index contributed by atoms with van der Waals surface area (Å²) in [5.41, 5.74) is 0.329. The summed E-state index contributed by atoms with van der Waals surface area (Å²) in [6.45, 7) is 6.07. The zero-order valence-corrected chi connectivity index (χ0v) is 15.8. The monoisotopic (exact) mass is 356 g/mol. The third-order valence-corrected chi connectivity index (χ3v) is 8.47. The van der Waals surface area contributed by atoms with Crippen LogP contribution in [0.2, 0.25) is 0 Å². The average molecular weight is 356 g/mol. The van der Waals surface area contributed by atoms with Gasteiger partial charge in [0.1, 0.15) is 0 Å². The SMILES string of the molecule is CC(C(=O)O)[C@H]1CC[C@H]2[C@@H]3C=CC4=CCC(=O)C(=O)[C@]4(C)[C@H]3CC[C@]12C. The molecule has 2 saturated carbocycles. The molecular weight excluding hydrogens is 328 g/mol. The molecule has 0 aromatic heterocycles. The predicted molar refractivity (Wildman–Crippen MR) is 97.3 cm³/mol. The van der Waals surface area contributed by atoms with Crippen molar-refractivity contribution in [3.63, 3.8) is 0 Å². The van der Waals surface area contributed by atoms with Crippen LogP contribution < -0.4 is 0 Å². The Bertz CT molecular complexity index is 747. The fourth-order valence-corrected chi connectivity index (χ4v) is 6.94. The number of rotatable bonds is 2. The highest BCUT2D eigenvalue weighted by Crippen LogP contribution is 2.65. The zero-order valence-electron chi connectivity index (χ0n) is 15.8. The zero-order chi connectivity index (χ0) is 18.9. The molecule has 0 saturated heterocycles. The first kappa shape index (κ1) is 17.7. The lowest BCUT2D eigenvalue weighted by atomic mass is 9.48. The highest BCUT2D eigenvalue weighted by molar-refractivity contribution is 6.41. The first-order valence-corrected chi connectivity index (χ1v) is 9.90. The van der Waals surface area contributed by atoms with Gasteiger partial charge >= 0.3 is 5.97 Å². The molecule has 0 aliphatic heterocycles. The van der Waals surface area contributed by atoms with E-state index < -0.39 is 11.4 Å². The molecule has 4 nitrogen and oxygen atoms in total. The lowest BCUT2D eigenvalue weighted by Crippen LogP contribution is -2.53. The summed E-state index contributed by atoms with van der Waals surface area (Å²) in [6, 6.07) is 0. The van der Waals surface area contributed by atoms with Gasteiger partial charge in [-0.1, -0.05) is 32.1 Å². The summed E-state index contributed by atoms with van der Waals surface area (Å²) in [4.78, 5) is 36.6. The molecule has 1 N–H and O–H groups in total. The van der Waals surface area contributed by atoms with Crippen LogP contribution in [0.25, 0.3) is 0 Å². The minimum absolute atomic E-state index is 0.00259. The van der Waals surface area contributed by atoms with Crippen LogP contribution in [0.1, 0.15) is 52.9 Å². The van der Waals surface area contributed by atoms with Gasteiger partial charge in [-0.05, 0) is 67.3 Å². The Kier molecular flexibility index (Phi) is 3.84. The summed E-state index contributed by atoms with van der Waals surface area (Å²) in [7, 11) is 0. The van der Waals surface area contributed by atoms with Crippen LogP contribution in [-0.4, -0.2) is 22.6 Å². The van der Waals surface area contributed by atoms with E-state index in [4.69, 9.17) is 0 Å². The van der Waals surface area contributed by atoms with Gasteiger partial charge in [-0.15, -0.1) is 0 Å². The minimum Gasteiger partial charge on any atom is -0.481 e. The maximum Gasteiger partial charge on any atom is 0.306 e. The molecule has 140 valence electrons. The second-order valence-electron chi connectivity index (χ2n) is 9.32. The van der Waals surface area contributed by atoms with Gasteiger partial charge in [-0.25, -0.2) is 0 Å². The van der Waals surface area contributed by atoms with E-state index in [0.717, 1.165) is 31.3 Å². The fourth-order valence-electron chi connectivity index (χ4n) is 6.94. The number of fused-ring (bicyclic) bond motifs is 5. The minimum atomic E-state index is -0.705. The lowest BCUT2D eigenvalue weighted by molar-refractivity contribution is -0.148. The number of carboxylic acid groups (broad SMARTS) is 1. The van der Waals surface area contributed by atoms with E-state index >= 15 is 0 Å².